The Morgan fingerprint density at radius 2 is 1.93 bits per heavy atom. The maximum Gasteiger partial charge on any atom is 0.272 e. The maximum atomic E-state index is 12.4. The number of rotatable bonds is 6. The van der Waals surface area contributed by atoms with Crippen molar-refractivity contribution in [2.24, 2.45) is 0 Å². The molecule has 0 spiro atoms. The molecule has 8 nitrogen and oxygen atoms in total. The molecule has 1 atom stereocenters. The van der Waals surface area contributed by atoms with Gasteiger partial charge in [-0.1, -0.05) is 41.9 Å². The van der Waals surface area contributed by atoms with E-state index in [1.807, 2.05) is 30.3 Å². The summed E-state index contributed by atoms with van der Waals surface area (Å²) in [6.07, 6.45) is 2.65. The van der Waals surface area contributed by atoms with Gasteiger partial charge in [0.05, 0.1) is 12.2 Å². The minimum absolute atomic E-state index is 0.00711. The van der Waals surface area contributed by atoms with Gasteiger partial charge in [0.1, 0.15) is 27.1 Å². The topological polar surface area (TPSA) is 123 Å². The first-order valence-corrected chi connectivity index (χ1v) is 9.50. The Morgan fingerprint density at radius 1 is 1.18 bits per heavy atom. The molecule has 0 saturated heterocycles. The lowest BCUT2D eigenvalue weighted by Crippen LogP contribution is -2.28. The minimum Gasteiger partial charge on any atom is -0.382 e. The van der Waals surface area contributed by atoms with Crippen LogP contribution in [0.25, 0.3) is 0 Å². The molecule has 10 heteroatoms. The summed E-state index contributed by atoms with van der Waals surface area (Å²) in [5.74, 6) is -0.698. The summed E-state index contributed by atoms with van der Waals surface area (Å²) >= 11 is 7.17. The molecule has 0 aliphatic carbocycles. The first-order valence-electron chi connectivity index (χ1n) is 8.30. The van der Waals surface area contributed by atoms with Gasteiger partial charge in [0.15, 0.2) is 5.69 Å². The van der Waals surface area contributed by atoms with Crippen LogP contribution in [0.2, 0.25) is 5.02 Å². The van der Waals surface area contributed by atoms with E-state index in [0.717, 1.165) is 5.56 Å². The van der Waals surface area contributed by atoms with Crippen LogP contribution < -0.4 is 16.4 Å². The summed E-state index contributed by atoms with van der Waals surface area (Å²) in [4.78, 5) is 36.9. The van der Waals surface area contributed by atoms with Crippen LogP contribution in [0.4, 0.5) is 5.82 Å². The molecule has 4 N–H and O–H groups in total. The van der Waals surface area contributed by atoms with E-state index in [9.17, 15) is 9.59 Å². The Labute approximate surface area is 170 Å². The van der Waals surface area contributed by atoms with Crippen molar-refractivity contribution in [2.75, 3.05) is 5.73 Å². The van der Waals surface area contributed by atoms with Gasteiger partial charge in [-0.3, -0.25) is 9.59 Å². The molecule has 0 bridgehead atoms. The number of amides is 2. The van der Waals surface area contributed by atoms with Crippen molar-refractivity contribution in [2.45, 2.75) is 19.5 Å². The Morgan fingerprint density at radius 3 is 2.68 bits per heavy atom. The number of nitrogens with two attached hydrogens (primary N) is 1. The van der Waals surface area contributed by atoms with E-state index in [2.05, 4.69) is 25.6 Å². The summed E-state index contributed by atoms with van der Waals surface area (Å²) in [5.41, 5.74) is 6.58. The van der Waals surface area contributed by atoms with E-state index in [0.29, 0.717) is 16.4 Å². The van der Waals surface area contributed by atoms with Crippen molar-refractivity contribution in [1.29, 1.82) is 0 Å². The normalized spacial score (nSPS) is 11.6. The number of carbonyl (C=O) groups is 2. The number of nitrogens with one attached hydrogen (secondary N) is 2. The van der Waals surface area contributed by atoms with Crippen LogP contribution in [-0.4, -0.2) is 26.8 Å². The maximum absolute atomic E-state index is 12.4. The lowest BCUT2D eigenvalue weighted by molar-refractivity contribution is 0.0932. The fourth-order valence-corrected chi connectivity index (χ4v) is 3.35. The number of hydrogen-bond acceptors (Lipinski definition) is 7. The molecule has 0 radical (unpaired) electrons. The number of nitrogen functional groups attached to an aromatic ring is 1. The van der Waals surface area contributed by atoms with Gasteiger partial charge < -0.3 is 16.4 Å². The summed E-state index contributed by atoms with van der Waals surface area (Å²) in [7, 11) is 0. The van der Waals surface area contributed by atoms with Crippen LogP contribution in [0.1, 0.15) is 43.7 Å². The SMILES string of the molecule is CC(NC(=O)c1ncnc(N)c1Cl)c1ncc(C(=O)NCc2ccccc2)s1. The molecule has 28 heavy (non-hydrogen) atoms. The van der Waals surface area contributed by atoms with Crippen molar-refractivity contribution >= 4 is 40.6 Å². The number of nitrogens with zero attached hydrogens (tertiary/aromatic N) is 3. The molecule has 3 aromatic rings. The second-order valence-corrected chi connectivity index (χ2v) is 7.29. The van der Waals surface area contributed by atoms with Crippen LogP contribution in [0.5, 0.6) is 0 Å². The third-order valence-electron chi connectivity index (χ3n) is 3.79. The average molecular weight is 417 g/mol. The summed E-state index contributed by atoms with van der Waals surface area (Å²) in [5, 5.41) is 6.15. The van der Waals surface area contributed by atoms with Gasteiger partial charge in [0, 0.05) is 6.54 Å². The smallest absolute Gasteiger partial charge is 0.272 e. The third kappa shape index (κ3) is 4.62. The van der Waals surface area contributed by atoms with Crippen LogP contribution >= 0.6 is 22.9 Å². The number of carbonyl (C=O) groups excluding carboxylic acids is 2. The Kier molecular flexibility index (Phi) is 6.17. The lowest BCUT2D eigenvalue weighted by Gasteiger charge is -2.11. The van der Waals surface area contributed by atoms with Gasteiger partial charge in [-0.15, -0.1) is 11.3 Å². The molecule has 144 valence electrons. The van der Waals surface area contributed by atoms with Gasteiger partial charge in [-0.2, -0.15) is 0 Å². The summed E-state index contributed by atoms with van der Waals surface area (Å²) in [6.45, 7) is 2.17. The molecule has 3 rings (SSSR count). The number of halogens is 1. The second kappa shape index (κ2) is 8.77. The quantitative estimate of drug-likeness (QED) is 0.567. The zero-order chi connectivity index (χ0) is 20.1. The minimum atomic E-state index is -0.503. The number of benzene rings is 1. The van der Waals surface area contributed by atoms with Crippen LogP contribution in [-0.2, 0) is 6.54 Å². The Balaban J connectivity index is 1.61. The van der Waals surface area contributed by atoms with E-state index in [4.69, 9.17) is 17.3 Å². The molecular formula is C18H17ClN6O2S. The Hall–Kier alpha value is -3.04. The van der Waals surface area contributed by atoms with Gasteiger partial charge in [0.25, 0.3) is 11.8 Å². The molecule has 2 aromatic heterocycles. The zero-order valence-corrected chi connectivity index (χ0v) is 16.4. The number of aromatic nitrogens is 3. The van der Waals surface area contributed by atoms with Crippen LogP contribution in [0.3, 0.4) is 0 Å². The molecular weight excluding hydrogens is 400 g/mol. The third-order valence-corrected chi connectivity index (χ3v) is 5.34. The van der Waals surface area contributed by atoms with E-state index >= 15 is 0 Å². The summed E-state index contributed by atoms with van der Waals surface area (Å²) in [6, 6.07) is 9.16. The summed E-state index contributed by atoms with van der Waals surface area (Å²) < 4.78 is 0. The lowest BCUT2D eigenvalue weighted by atomic mass is 10.2. The fourth-order valence-electron chi connectivity index (χ4n) is 2.33. The number of hydrogen-bond donors (Lipinski definition) is 3. The molecule has 0 fully saturated rings. The highest BCUT2D eigenvalue weighted by atomic mass is 35.5. The predicted molar refractivity (Wildman–Crippen MR) is 107 cm³/mol. The molecule has 1 unspecified atom stereocenters. The monoisotopic (exact) mass is 416 g/mol. The Bertz CT molecular complexity index is 995. The number of thiazole rings is 1. The zero-order valence-electron chi connectivity index (χ0n) is 14.8. The second-order valence-electron chi connectivity index (χ2n) is 5.85. The fraction of sp³-hybridized carbons (Fsp3) is 0.167. The van der Waals surface area contributed by atoms with Crippen molar-refractivity contribution in [3.8, 4) is 0 Å². The molecule has 0 aliphatic rings. The van der Waals surface area contributed by atoms with Gasteiger partial charge in [-0.05, 0) is 12.5 Å². The van der Waals surface area contributed by atoms with E-state index < -0.39 is 11.9 Å². The molecule has 2 amide bonds. The van der Waals surface area contributed by atoms with Crippen LogP contribution in [0.15, 0.2) is 42.9 Å². The molecule has 1 aromatic carbocycles. The van der Waals surface area contributed by atoms with Gasteiger partial charge in [0.2, 0.25) is 0 Å². The first kappa shape index (κ1) is 19.7. The van der Waals surface area contributed by atoms with Gasteiger partial charge in [-0.25, -0.2) is 15.0 Å². The highest BCUT2D eigenvalue weighted by Gasteiger charge is 2.20. The van der Waals surface area contributed by atoms with Crippen molar-refractivity contribution in [1.82, 2.24) is 25.6 Å². The first-order chi connectivity index (χ1) is 13.5. The van der Waals surface area contributed by atoms with E-state index in [1.165, 1.54) is 23.9 Å². The van der Waals surface area contributed by atoms with Crippen molar-refractivity contribution in [3.05, 3.63) is 69.0 Å². The largest absolute Gasteiger partial charge is 0.382 e. The molecule has 0 saturated carbocycles. The van der Waals surface area contributed by atoms with E-state index in [1.54, 1.807) is 6.92 Å². The standard InChI is InChI=1S/C18H17ClN6O2S/c1-10(25-17(27)14-13(19)15(20)24-9-23-14)18-22-8-12(28-18)16(26)21-7-11-5-3-2-4-6-11/h2-6,8-10H,7H2,1H3,(H,21,26)(H,25,27)(H2,20,23,24). The van der Waals surface area contributed by atoms with E-state index in [-0.39, 0.29) is 22.4 Å². The van der Waals surface area contributed by atoms with Crippen molar-refractivity contribution in [3.63, 3.8) is 0 Å². The highest BCUT2D eigenvalue weighted by molar-refractivity contribution is 7.13. The predicted octanol–water partition coefficient (Wildman–Crippen LogP) is 2.59. The molecule has 0 aliphatic heterocycles. The average Bonchev–Trinajstić information content (AvgIpc) is 3.19. The molecule has 2 heterocycles. The van der Waals surface area contributed by atoms with Crippen molar-refractivity contribution < 1.29 is 9.59 Å². The number of anilines is 1. The van der Waals surface area contributed by atoms with Gasteiger partial charge >= 0.3 is 0 Å². The highest BCUT2D eigenvalue weighted by Crippen LogP contribution is 2.22. The van der Waals surface area contributed by atoms with Crippen LogP contribution in [0, 0.1) is 0 Å².